The van der Waals surface area contributed by atoms with Gasteiger partial charge in [-0.2, -0.15) is 0 Å². The van der Waals surface area contributed by atoms with Crippen LogP contribution in [0.5, 0.6) is 0 Å². The maximum absolute atomic E-state index is 3.24. The van der Waals surface area contributed by atoms with Gasteiger partial charge in [-0.3, -0.25) is 0 Å². The Morgan fingerprint density at radius 1 is 0.714 bits per heavy atom. The van der Waals surface area contributed by atoms with Gasteiger partial charge in [0.2, 0.25) is 0 Å². The molecule has 1 aromatic carbocycles. The van der Waals surface area contributed by atoms with Crippen molar-refractivity contribution in [3.05, 3.63) is 33.4 Å². The van der Waals surface area contributed by atoms with Gasteiger partial charge in [-0.15, -0.1) is 0 Å². The van der Waals surface area contributed by atoms with Crippen LogP contribution in [0.15, 0.2) is 0 Å². The van der Waals surface area contributed by atoms with Crippen LogP contribution >= 0.6 is 0 Å². The van der Waals surface area contributed by atoms with E-state index < -0.39 is 0 Å². The lowest BCUT2D eigenvalue weighted by molar-refractivity contribution is 0.801. The van der Waals surface area contributed by atoms with Crippen molar-refractivity contribution in [3.63, 3.8) is 0 Å². The fourth-order valence-corrected chi connectivity index (χ4v) is 2.02. The molecule has 1 heteroatoms. The van der Waals surface area contributed by atoms with Crippen molar-refractivity contribution in [1.29, 1.82) is 0 Å². The maximum Gasteiger partial charge on any atom is 0.0207 e. The highest BCUT2D eigenvalue weighted by molar-refractivity contribution is 5.49. The zero-order valence-electron chi connectivity index (χ0n) is 10.2. The summed E-state index contributed by atoms with van der Waals surface area (Å²) in [6.07, 6.45) is 0. The third-order valence-electron chi connectivity index (χ3n) is 3.51. The van der Waals surface area contributed by atoms with E-state index in [4.69, 9.17) is 0 Å². The third-order valence-corrected chi connectivity index (χ3v) is 3.51. The predicted molar refractivity (Wildman–Crippen MR) is 62.9 cm³/mol. The Balaban J connectivity index is 3.43. The van der Waals surface area contributed by atoms with E-state index >= 15 is 0 Å². The number of nitrogens with one attached hydrogen (secondary N) is 1. The Labute approximate surface area is 87.5 Å². The second kappa shape index (κ2) is 4.14. The summed E-state index contributed by atoms with van der Waals surface area (Å²) in [6, 6.07) is 0. The first-order valence-electron chi connectivity index (χ1n) is 5.21. The minimum Gasteiger partial charge on any atom is -0.316 e. The van der Waals surface area contributed by atoms with E-state index in [1.165, 1.54) is 33.4 Å². The van der Waals surface area contributed by atoms with Gasteiger partial charge in [-0.25, -0.2) is 0 Å². The van der Waals surface area contributed by atoms with Crippen molar-refractivity contribution in [2.24, 2.45) is 0 Å². The monoisotopic (exact) mass is 191 g/mol. The highest BCUT2D eigenvalue weighted by atomic mass is 14.8. The minimum atomic E-state index is 0.972. The molecule has 1 nitrogen and oxygen atoms in total. The molecule has 0 heterocycles. The van der Waals surface area contributed by atoms with Gasteiger partial charge in [-0.1, -0.05) is 0 Å². The summed E-state index contributed by atoms with van der Waals surface area (Å²) in [4.78, 5) is 0. The molecule has 0 bridgehead atoms. The first-order valence-corrected chi connectivity index (χ1v) is 5.21. The van der Waals surface area contributed by atoms with Gasteiger partial charge in [0.25, 0.3) is 0 Å². The quantitative estimate of drug-likeness (QED) is 0.758. The van der Waals surface area contributed by atoms with Gasteiger partial charge in [0.05, 0.1) is 0 Å². The molecular weight excluding hydrogens is 170 g/mol. The molecule has 0 aliphatic heterocycles. The Kier molecular flexibility index (Phi) is 3.33. The molecule has 1 rings (SSSR count). The standard InChI is InChI=1S/C13H21N/c1-8-9(2)11(4)13(7-14-6)12(5)10(8)3/h14H,7H2,1-6H3. The van der Waals surface area contributed by atoms with Crippen molar-refractivity contribution >= 4 is 0 Å². The van der Waals surface area contributed by atoms with Crippen LogP contribution in [0.3, 0.4) is 0 Å². The van der Waals surface area contributed by atoms with E-state index in [1.807, 2.05) is 7.05 Å². The average Bonchev–Trinajstić information content (AvgIpc) is 2.19. The first kappa shape index (κ1) is 11.3. The van der Waals surface area contributed by atoms with Crippen molar-refractivity contribution in [2.75, 3.05) is 7.05 Å². The van der Waals surface area contributed by atoms with E-state index in [2.05, 4.69) is 39.9 Å². The molecule has 14 heavy (non-hydrogen) atoms. The Morgan fingerprint density at radius 2 is 1.07 bits per heavy atom. The molecule has 0 aliphatic carbocycles. The smallest absolute Gasteiger partial charge is 0.0207 e. The van der Waals surface area contributed by atoms with Crippen molar-refractivity contribution in [2.45, 2.75) is 41.2 Å². The Bertz CT molecular complexity index is 322. The van der Waals surface area contributed by atoms with E-state index in [0.717, 1.165) is 6.54 Å². The summed E-state index contributed by atoms with van der Waals surface area (Å²) < 4.78 is 0. The first-order chi connectivity index (χ1) is 6.50. The second-order valence-electron chi connectivity index (χ2n) is 4.13. The van der Waals surface area contributed by atoms with Gasteiger partial charge < -0.3 is 5.32 Å². The zero-order chi connectivity index (χ0) is 10.9. The molecule has 0 radical (unpaired) electrons. The zero-order valence-corrected chi connectivity index (χ0v) is 10.2. The molecule has 0 aliphatic rings. The number of benzene rings is 1. The average molecular weight is 191 g/mol. The number of hydrogen-bond donors (Lipinski definition) is 1. The number of rotatable bonds is 2. The molecular formula is C13H21N. The fourth-order valence-electron chi connectivity index (χ4n) is 2.02. The molecule has 0 saturated carbocycles. The van der Waals surface area contributed by atoms with E-state index in [9.17, 15) is 0 Å². The SMILES string of the molecule is CNCc1c(C)c(C)c(C)c(C)c1C. The molecule has 78 valence electrons. The second-order valence-corrected chi connectivity index (χ2v) is 4.13. The summed E-state index contributed by atoms with van der Waals surface area (Å²) in [5, 5.41) is 3.24. The normalized spacial score (nSPS) is 10.7. The Hall–Kier alpha value is -0.820. The highest BCUT2D eigenvalue weighted by Gasteiger charge is 2.10. The lowest BCUT2D eigenvalue weighted by atomic mass is 9.89. The molecule has 1 aromatic rings. The van der Waals surface area contributed by atoms with Crippen molar-refractivity contribution in [1.82, 2.24) is 5.32 Å². The van der Waals surface area contributed by atoms with Crippen LogP contribution in [-0.4, -0.2) is 7.05 Å². The lowest BCUT2D eigenvalue weighted by Crippen LogP contribution is -2.11. The molecule has 0 spiro atoms. The summed E-state index contributed by atoms with van der Waals surface area (Å²) in [5.41, 5.74) is 8.68. The molecule has 0 aromatic heterocycles. The molecule has 0 atom stereocenters. The van der Waals surface area contributed by atoms with Gasteiger partial charge in [0.15, 0.2) is 0 Å². The van der Waals surface area contributed by atoms with Crippen LogP contribution in [0.25, 0.3) is 0 Å². The van der Waals surface area contributed by atoms with Gasteiger partial charge in [-0.05, 0) is 75.0 Å². The van der Waals surface area contributed by atoms with Crippen LogP contribution in [0.1, 0.15) is 33.4 Å². The highest BCUT2D eigenvalue weighted by Crippen LogP contribution is 2.25. The van der Waals surface area contributed by atoms with Crippen LogP contribution in [0, 0.1) is 34.6 Å². The van der Waals surface area contributed by atoms with Gasteiger partial charge >= 0.3 is 0 Å². The molecule has 0 fully saturated rings. The van der Waals surface area contributed by atoms with Crippen LogP contribution < -0.4 is 5.32 Å². The summed E-state index contributed by atoms with van der Waals surface area (Å²) >= 11 is 0. The maximum atomic E-state index is 3.24. The Morgan fingerprint density at radius 3 is 1.43 bits per heavy atom. The van der Waals surface area contributed by atoms with E-state index in [0.29, 0.717) is 0 Å². The van der Waals surface area contributed by atoms with Gasteiger partial charge in [0.1, 0.15) is 0 Å². The lowest BCUT2D eigenvalue weighted by Gasteiger charge is -2.18. The molecule has 0 amide bonds. The van der Waals surface area contributed by atoms with E-state index in [-0.39, 0.29) is 0 Å². The molecule has 0 saturated heterocycles. The van der Waals surface area contributed by atoms with Crippen LogP contribution in [0.2, 0.25) is 0 Å². The van der Waals surface area contributed by atoms with Crippen molar-refractivity contribution < 1.29 is 0 Å². The predicted octanol–water partition coefficient (Wildman–Crippen LogP) is 2.95. The molecule has 0 unspecified atom stereocenters. The summed E-state index contributed by atoms with van der Waals surface area (Å²) in [7, 11) is 2.00. The van der Waals surface area contributed by atoms with Crippen LogP contribution in [0.4, 0.5) is 0 Å². The van der Waals surface area contributed by atoms with Crippen molar-refractivity contribution in [3.8, 4) is 0 Å². The minimum absolute atomic E-state index is 0.972. The number of hydrogen-bond acceptors (Lipinski definition) is 1. The molecule has 1 N–H and O–H groups in total. The largest absolute Gasteiger partial charge is 0.316 e. The van der Waals surface area contributed by atoms with E-state index in [1.54, 1.807) is 0 Å². The van der Waals surface area contributed by atoms with Gasteiger partial charge in [0, 0.05) is 6.54 Å². The topological polar surface area (TPSA) is 12.0 Å². The third kappa shape index (κ3) is 1.69. The fraction of sp³-hybridized carbons (Fsp3) is 0.538. The summed E-state index contributed by atoms with van der Waals surface area (Å²) in [5.74, 6) is 0. The van der Waals surface area contributed by atoms with Crippen LogP contribution in [-0.2, 0) is 6.54 Å². The summed E-state index contributed by atoms with van der Waals surface area (Å²) in [6.45, 7) is 12.1.